The first-order valence-electron chi connectivity index (χ1n) is 7.38. The fourth-order valence-electron chi connectivity index (χ4n) is 3.20. The van der Waals surface area contributed by atoms with Crippen molar-refractivity contribution < 1.29 is 9.53 Å². The van der Waals surface area contributed by atoms with E-state index in [4.69, 9.17) is 4.74 Å². The molecule has 1 aliphatic carbocycles. The zero-order valence-electron chi connectivity index (χ0n) is 11.7. The molecule has 2 unspecified atom stereocenters. The van der Waals surface area contributed by atoms with Gasteiger partial charge in [0.15, 0.2) is 0 Å². The van der Waals surface area contributed by atoms with Gasteiger partial charge in [0.1, 0.15) is 0 Å². The van der Waals surface area contributed by atoms with Crippen LogP contribution in [-0.4, -0.2) is 42.8 Å². The van der Waals surface area contributed by atoms with Crippen molar-refractivity contribution in [2.24, 2.45) is 5.92 Å². The lowest BCUT2D eigenvalue weighted by Gasteiger charge is -2.29. The molecule has 1 saturated carbocycles. The van der Waals surface area contributed by atoms with Crippen molar-refractivity contribution >= 4 is 5.91 Å². The molecular weight excluding hydrogens is 228 g/mol. The van der Waals surface area contributed by atoms with E-state index in [1.807, 2.05) is 13.8 Å². The van der Waals surface area contributed by atoms with E-state index < -0.39 is 0 Å². The van der Waals surface area contributed by atoms with Gasteiger partial charge in [-0.15, -0.1) is 0 Å². The van der Waals surface area contributed by atoms with Gasteiger partial charge in [0.2, 0.25) is 5.91 Å². The minimum atomic E-state index is -0.0114. The van der Waals surface area contributed by atoms with Gasteiger partial charge < -0.3 is 9.64 Å². The SMILES string of the molecule is CCOCCCN1C(=O)C(C)NC1C1CCCC1. The largest absolute Gasteiger partial charge is 0.382 e. The molecule has 0 aromatic carbocycles. The number of amides is 1. The van der Waals surface area contributed by atoms with Crippen LogP contribution in [0.4, 0.5) is 0 Å². The van der Waals surface area contributed by atoms with E-state index in [1.54, 1.807) is 0 Å². The standard InChI is InChI=1S/C14H26N2O2/c1-3-18-10-6-9-16-13(12-7-4-5-8-12)15-11(2)14(16)17/h11-13,15H,3-10H2,1-2H3. The molecule has 4 heteroatoms. The summed E-state index contributed by atoms with van der Waals surface area (Å²) in [6.45, 7) is 6.33. The normalized spacial score (nSPS) is 29.4. The molecule has 1 N–H and O–H groups in total. The minimum absolute atomic E-state index is 0.0114. The molecule has 1 heterocycles. The molecule has 2 atom stereocenters. The Kier molecular flexibility index (Phi) is 5.01. The second kappa shape index (κ2) is 6.53. The van der Waals surface area contributed by atoms with Crippen LogP contribution in [0.2, 0.25) is 0 Å². The summed E-state index contributed by atoms with van der Waals surface area (Å²) in [6, 6.07) is -0.0114. The van der Waals surface area contributed by atoms with E-state index in [2.05, 4.69) is 10.2 Å². The molecule has 2 rings (SSSR count). The fraction of sp³-hybridized carbons (Fsp3) is 0.929. The fourth-order valence-corrected chi connectivity index (χ4v) is 3.20. The van der Waals surface area contributed by atoms with E-state index in [0.29, 0.717) is 5.92 Å². The van der Waals surface area contributed by atoms with Crippen LogP contribution in [0.15, 0.2) is 0 Å². The maximum atomic E-state index is 12.2. The topological polar surface area (TPSA) is 41.6 Å². The first kappa shape index (κ1) is 13.8. The number of carbonyl (C=O) groups is 1. The van der Waals surface area contributed by atoms with Crippen LogP contribution in [0.25, 0.3) is 0 Å². The van der Waals surface area contributed by atoms with Crippen molar-refractivity contribution in [2.75, 3.05) is 19.8 Å². The van der Waals surface area contributed by atoms with Gasteiger partial charge in [-0.2, -0.15) is 0 Å². The van der Waals surface area contributed by atoms with Crippen molar-refractivity contribution in [2.45, 2.75) is 58.2 Å². The summed E-state index contributed by atoms with van der Waals surface area (Å²) < 4.78 is 5.36. The van der Waals surface area contributed by atoms with Gasteiger partial charge in [-0.25, -0.2) is 0 Å². The van der Waals surface area contributed by atoms with Crippen LogP contribution in [-0.2, 0) is 9.53 Å². The summed E-state index contributed by atoms with van der Waals surface area (Å²) >= 11 is 0. The summed E-state index contributed by atoms with van der Waals surface area (Å²) in [7, 11) is 0. The zero-order chi connectivity index (χ0) is 13.0. The number of nitrogens with one attached hydrogen (secondary N) is 1. The van der Waals surface area contributed by atoms with Gasteiger partial charge in [0, 0.05) is 19.8 Å². The predicted octanol–water partition coefficient (Wildman–Crippen LogP) is 1.75. The Morgan fingerprint density at radius 2 is 2.11 bits per heavy atom. The number of ether oxygens (including phenoxy) is 1. The van der Waals surface area contributed by atoms with Gasteiger partial charge in [-0.3, -0.25) is 10.1 Å². The lowest BCUT2D eigenvalue weighted by Crippen LogP contribution is -2.43. The predicted molar refractivity (Wildman–Crippen MR) is 71.2 cm³/mol. The van der Waals surface area contributed by atoms with Gasteiger partial charge in [0.05, 0.1) is 12.2 Å². The van der Waals surface area contributed by atoms with Crippen LogP contribution >= 0.6 is 0 Å². The van der Waals surface area contributed by atoms with Crippen LogP contribution in [0.1, 0.15) is 46.0 Å². The second-order valence-corrected chi connectivity index (χ2v) is 5.46. The van der Waals surface area contributed by atoms with Crippen LogP contribution in [0.5, 0.6) is 0 Å². The third-order valence-electron chi connectivity index (χ3n) is 4.15. The van der Waals surface area contributed by atoms with Gasteiger partial charge in [-0.05, 0) is 39.0 Å². The highest BCUT2D eigenvalue weighted by atomic mass is 16.5. The van der Waals surface area contributed by atoms with Crippen LogP contribution < -0.4 is 5.32 Å². The highest BCUT2D eigenvalue weighted by molar-refractivity contribution is 5.83. The number of hydrogen-bond acceptors (Lipinski definition) is 3. The molecule has 0 spiro atoms. The average Bonchev–Trinajstić information content (AvgIpc) is 2.97. The molecule has 104 valence electrons. The Bertz CT molecular complexity index is 277. The smallest absolute Gasteiger partial charge is 0.240 e. The Morgan fingerprint density at radius 3 is 2.78 bits per heavy atom. The lowest BCUT2D eigenvalue weighted by atomic mass is 10.0. The quantitative estimate of drug-likeness (QED) is 0.734. The Hall–Kier alpha value is -0.610. The van der Waals surface area contributed by atoms with Gasteiger partial charge in [0.25, 0.3) is 0 Å². The summed E-state index contributed by atoms with van der Waals surface area (Å²) in [6.07, 6.45) is 6.38. The Morgan fingerprint density at radius 1 is 1.39 bits per heavy atom. The third kappa shape index (κ3) is 3.04. The molecule has 0 aromatic rings. The Labute approximate surface area is 110 Å². The lowest BCUT2D eigenvalue weighted by molar-refractivity contribution is -0.130. The van der Waals surface area contributed by atoms with E-state index in [9.17, 15) is 4.79 Å². The molecule has 0 radical (unpaired) electrons. The first-order valence-corrected chi connectivity index (χ1v) is 7.38. The first-order chi connectivity index (χ1) is 8.74. The molecule has 18 heavy (non-hydrogen) atoms. The highest BCUT2D eigenvalue weighted by Gasteiger charge is 2.40. The maximum absolute atomic E-state index is 12.2. The number of hydrogen-bond donors (Lipinski definition) is 1. The van der Waals surface area contributed by atoms with Crippen molar-refractivity contribution in [3.63, 3.8) is 0 Å². The van der Waals surface area contributed by atoms with E-state index in [0.717, 1.165) is 26.2 Å². The van der Waals surface area contributed by atoms with Crippen LogP contribution in [0, 0.1) is 5.92 Å². The minimum Gasteiger partial charge on any atom is -0.382 e. The van der Waals surface area contributed by atoms with Crippen LogP contribution in [0.3, 0.4) is 0 Å². The van der Waals surface area contributed by atoms with Crippen molar-refractivity contribution in [3.8, 4) is 0 Å². The molecule has 2 fully saturated rings. The van der Waals surface area contributed by atoms with Crippen molar-refractivity contribution in [3.05, 3.63) is 0 Å². The highest BCUT2D eigenvalue weighted by Crippen LogP contribution is 2.31. The van der Waals surface area contributed by atoms with Crippen molar-refractivity contribution in [1.29, 1.82) is 0 Å². The molecule has 1 saturated heterocycles. The summed E-state index contributed by atoms with van der Waals surface area (Å²) in [5, 5.41) is 3.47. The maximum Gasteiger partial charge on any atom is 0.240 e. The molecular formula is C14H26N2O2. The van der Waals surface area contributed by atoms with E-state index in [-0.39, 0.29) is 18.1 Å². The van der Waals surface area contributed by atoms with Crippen molar-refractivity contribution in [1.82, 2.24) is 10.2 Å². The molecule has 1 amide bonds. The molecule has 0 aromatic heterocycles. The summed E-state index contributed by atoms with van der Waals surface area (Å²) in [5.74, 6) is 0.925. The zero-order valence-corrected chi connectivity index (χ0v) is 11.7. The molecule has 0 bridgehead atoms. The van der Waals surface area contributed by atoms with Gasteiger partial charge in [-0.1, -0.05) is 12.8 Å². The van der Waals surface area contributed by atoms with E-state index >= 15 is 0 Å². The molecule has 4 nitrogen and oxygen atoms in total. The third-order valence-corrected chi connectivity index (χ3v) is 4.15. The number of rotatable bonds is 6. The molecule has 1 aliphatic heterocycles. The monoisotopic (exact) mass is 254 g/mol. The average molecular weight is 254 g/mol. The number of carbonyl (C=O) groups excluding carboxylic acids is 1. The molecule has 2 aliphatic rings. The number of nitrogens with zero attached hydrogens (tertiary/aromatic N) is 1. The van der Waals surface area contributed by atoms with Gasteiger partial charge >= 0.3 is 0 Å². The summed E-state index contributed by atoms with van der Waals surface area (Å²) in [5.41, 5.74) is 0. The Balaban J connectivity index is 1.88. The second-order valence-electron chi connectivity index (χ2n) is 5.46. The summed E-state index contributed by atoms with van der Waals surface area (Å²) in [4.78, 5) is 14.2. The van der Waals surface area contributed by atoms with E-state index in [1.165, 1.54) is 25.7 Å².